The Bertz CT molecular complexity index is 436. The molecule has 1 rings (SSSR count). The smallest absolute Gasteiger partial charge is 0.162 e. The van der Waals surface area contributed by atoms with Crippen molar-refractivity contribution in [2.24, 2.45) is 0 Å². The van der Waals surface area contributed by atoms with E-state index in [-0.39, 0.29) is 17.6 Å². The number of benzene rings is 1. The molecule has 1 N–H and O–H groups in total. The zero-order chi connectivity index (χ0) is 13.0. The van der Waals surface area contributed by atoms with Gasteiger partial charge in [0.25, 0.3) is 0 Å². The summed E-state index contributed by atoms with van der Waals surface area (Å²) in [5.41, 5.74) is 2.00. The molecule has 0 aliphatic rings. The van der Waals surface area contributed by atoms with Crippen molar-refractivity contribution in [2.75, 3.05) is 5.32 Å². The number of nitrogens with one attached hydrogen (secondary N) is 1. The molecule has 0 spiro atoms. The van der Waals surface area contributed by atoms with Crippen LogP contribution in [0, 0.1) is 0 Å². The van der Waals surface area contributed by atoms with Crippen LogP contribution < -0.4 is 5.32 Å². The standard InChI is InChI=1S/C14H19NO2/c1-5-14(17)12-6-11(10(4)16)7-13(8-12)15-9(2)3/h6-9,15H,5H2,1-4H3. The number of hydrogen-bond acceptors (Lipinski definition) is 3. The Labute approximate surface area is 102 Å². The van der Waals surface area contributed by atoms with Crippen LogP contribution in [-0.4, -0.2) is 17.6 Å². The number of Topliss-reactive ketones (excluding diaryl/α,β-unsaturated/α-hetero) is 2. The Kier molecular flexibility index (Phi) is 4.44. The number of rotatable bonds is 5. The van der Waals surface area contributed by atoms with Crippen LogP contribution in [-0.2, 0) is 0 Å². The average Bonchev–Trinajstić information content (AvgIpc) is 2.26. The quantitative estimate of drug-likeness (QED) is 0.794. The molecule has 1 aromatic carbocycles. The fourth-order valence-electron chi connectivity index (χ4n) is 1.61. The molecule has 0 saturated carbocycles. The van der Waals surface area contributed by atoms with Crippen molar-refractivity contribution < 1.29 is 9.59 Å². The molecule has 0 fully saturated rings. The topological polar surface area (TPSA) is 46.2 Å². The Morgan fingerprint density at radius 1 is 1.18 bits per heavy atom. The molecule has 0 heterocycles. The number of hydrogen-bond donors (Lipinski definition) is 1. The van der Waals surface area contributed by atoms with Gasteiger partial charge in [0.05, 0.1) is 0 Å². The van der Waals surface area contributed by atoms with Gasteiger partial charge in [0.2, 0.25) is 0 Å². The van der Waals surface area contributed by atoms with E-state index in [1.807, 2.05) is 20.8 Å². The summed E-state index contributed by atoms with van der Waals surface area (Å²) in [6.07, 6.45) is 0.447. The number of carbonyl (C=O) groups excluding carboxylic acids is 2. The molecule has 17 heavy (non-hydrogen) atoms. The highest BCUT2D eigenvalue weighted by atomic mass is 16.1. The summed E-state index contributed by atoms with van der Waals surface area (Å²) in [6, 6.07) is 5.52. The lowest BCUT2D eigenvalue weighted by molar-refractivity contribution is 0.0988. The minimum atomic E-state index is -0.0254. The van der Waals surface area contributed by atoms with Gasteiger partial charge in [-0.3, -0.25) is 9.59 Å². The zero-order valence-corrected chi connectivity index (χ0v) is 10.8. The lowest BCUT2D eigenvalue weighted by Crippen LogP contribution is -2.11. The van der Waals surface area contributed by atoms with Crippen LogP contribution in [0.5, 0.6) is 0 Å². The van der Waals surface area contributed by atoms with Crippen LogP contribution >= 0.6 is 0 Å². The van der Waals surface area contributed by atoms with Crippen molar-refractivity contribution >= 4 is 17.3 Å². The molecule has 0 saturated heterocycles. The number of carbonyl (C=O) groups is 2. The minimum absolute atomic E-state index is 0.0254. The first kappa shape index (κ1) is 13.4. The lowest BCUT2D eigenvalue weighted by atomic mass is 10.0. The molecule has 0 atom stereocenters. The molecule has 0 radical (unpaired) electrons. The highest BCUT2D eigenvalue weighted by molar-refractivity contribution is 6.01. The van der Waals surface area contributed by atoms with E-state index in [1.165, 1.54) is 6.92 Å². The molecule has 0 aliphatic carbocycles. The van der Waals surface area contributed by atoms with E-state index in [9.17, 15) is 9.59 Å². The molecule has 0 amide bonds. The number of ketones is 2. The van der Waals surface area contributed by atoms with Crippen molar-refractivity contribution in [1.82, 2.24) is 0 Å². The molecule has 3 heteroatoms. The average molecular weight is 233 g/mol. The normalized spacial score (nSPS) is 10.4. The van der Waals surface area contributed by atoms with Gasteiger partial charge in [-0.2, -0.15) is 0 Å². The third kappa shape index (κ3) is 3.70. The van der Waals surface area contributed by atoms with E-state index in [1.54, 1.807) is 18.2 Å². The lowest BCUT2D eigenvalue weighted by Gasteiger charge is -2.12. The second kappa shape index (κ2) is 5.62. The van der Waals surface area contributed by atoms with E-state index in [0.29, 0.717) is 17.5 Å². The van der Waals surface area contributed by atoms with Gasteiger partial charge < -0.3 is 5.32 Å². The van der Waals surface area contributed by atoms with E-state index < -0.39 is 0 Å². The Balaban J connectivity index is 3.18. The Morgan fingerprint density at radius 3 is 2.24 bits per heavy atom. The van der Waals surface area contributed by atoms with Gasteiger partial charge in [-0.05, 0) is 39.0 Å². The van der Waals surface area contributed by atoms with Crippen LogP contribution in [0.2, 0.25) is 0 Å². The summed E-state index contributed by atoms with van der Waals surface area (Å²) in [7, 11) is 0. The van der Waals surface area contributed by atoms with E-state index in [2.05, 4.69) is 5.32 Å². The summed E-state index contributed by atoms with van der Waals surface area (Å²) in [6.45, 7) is 7.36. The Hall–Kier alpha value is -1.64. The predicted molar refractivity (Wildman–Crippen MR) is 69.8 cm³/mol. The molecule has 0 aliphatic heterocycles. The van der Waals surface area contributed by atoms with Crippen LogP contribution in [0.15, 0.2) is 18.2 Å². The highest BCUT2D eigenvalue weighted by Gasteiger charge is 2.09. The van der Waals surface area contributed by atoms with E-state index in [4.69, 9.17) is 0 Å². The highest BCUT2D eigenvalue weighted by Crippen LogP contribution is 2.18. The third-order valence-electron chi connectivity index (χ3n) is 2.44. The van der Waals surface area contributed by atoms with Gasteiger partial charge in [-0.25, -0.2) is 0 Å². The maximum atomic E-state index is 11.7. The molecule has 0 aromatic heterocycles. The van der Waals surface area contributed by atoms with Gasteiger partial charge in [0.1, 0.15) is 0 Å². The fourth-order valence-corrected chi connectivity index (χ4v) is 1.61. The third-order valence-corrected chi connectivity index (χ3v) is 2.44. The summed E-state index contributed by atoms with van der Waals surface area (Å²) < 4.78 is 0. The van der Waals surface area contributed by atoms with E-state index in [0.717, 1.165) is 5.69 Å². The maximum absolute atomic E-state index is 11.7. The summed E-state index contributed by atoms with van der Waals surface area (Å²) in [5.74, 6) is 0.0301. The van der Waals surface area contributed by atoms with Crippen molar-refractivity contribution in [1.29, 1.82) is 0 Å². The monoisotopic (exact) mass is 233 g/mol. The minimum Gasteiger partial charge on any atom is -0.383 e. The number of anilines is 1. The van der Waals surface area contributed by atoms with Gasteiger partial charge in [0.15, 0.2) is 11.6 Å². The van der Waals surface area contributed by atoms with Crippen LogP contribution in [0.1, 0.15) is 54.8 Å². The van der Waals surface area contributed by atoms with Crippen molar-refractivity contribution in [3.05, 3.63) is 29.3 Å². The Morgan fingerprint density at radius 2 is 1.76 bits per heavy atom. The first-order valence-electron chi connectivity index (χ1n) is 5.89. The summed E-state index contributed by atoms with van der Waals surface area (Å²) >= 11 is 0. The molecular weight excluding hydrogens is 214 g/mol. The molecule has 0 bridgehead atoms. The maximum Gasteiger partial charge on any atom is 0.162 e. The van der Waals surface area contributed by atoms with Crippen molar-refractivity contribution in [3.8, 4) is 0 Å². The molecule has 3 nitrogen and oxygen atoms in total. The van der Waals surface area contributed by atoms with Crippen molar-refractivity contribution in [2.45, 2.75) is 40.2 Å². The zero-order valence-electron chi connectivity index (χ0n) is 10.8. The van der Waals surface area contributed by atoms with Crippen molar-refractivity contribution in [3.63, 3.8) is 0 Å². The van der Waals surface area contributed by atoms with Gasteiger partial charge >= 0.3 is 0 Å². The van der Waals surface area contributed by atoms with Gasteiger partial charge in [0, 0.05) is 29.3 Å². The first-order valence-corrected chi connectivity index (χ1v) is 5.89. The van der Waals surface area contributed by atoms with Gasteiger partial charge in [-0.1, -0.05) is 6.92 Å². The van der Waals surface area contributed by atoms with Crippen LogP contribution in [0.25, 0.3) is 0 Å². The molecular formula is C14H19NO2. The molecule has 1 aromatic rings. The van der Waals surface area contributed by atoms with E-state index >= 15 is 0 Å². The molecule has 0 unspecified atom stereocenters. The second-order valence-corrected chi connectivity index (χ2v) is 4.43. The second-order valence-electron chi connectivity index (χ2n) is 4.43. The summed E-state index contributed by atoms with van der Waals surface area (Å²) in [4.78, 5) is 23.1. The summed E-state index contributed by atoms with van der Waals surface area (Å²) in [5, 5.41) is 3.21. The fraction of sp³-hybridized carbons (Fsp3) is 0.429. The van der Waals surface area contributed by atoms with Crippen LogP contribution in [0.4, 0.5) is 5.69 Å². The SMILES string of the molecule is CCC(=O)c1cc(NC(C)C)cc(C(C)=O)c1. The predicted octanol–water partition coefficient (Wildman–Crippen LogP) is 3.30. The van der Waals surface area contributed by atoms with Crippen LogP contribution in [0.3, 0.4) is 0 Å². The largest absolute Gasteiger partial charge is 0.383 e. The first-order chi connectivity index (χ1) is 7.93. The van der Waals surface area contributed by atoms with Gasteiger partial charge in [-0.15, -0.1) is 0 Å². The molecule has 92 valence electrons.